The monoisotopic (exact) mass is 1560 g/mol. The fourth-order valence-corrected chi connectivity index (χ4v) is 13.5. The molecule has 0 atom stereocenters. The summed E-state index contributed by atoms with van der Waals surface area (Å²) in [7, 11) is 0. The number of rotatable bonds is 12. The van der Waals surface area contributed by atoms with E-state index in [0.717, 1.165) is 44.6 Å². The standard InChI is InChI=1S/C11H15NO.C11H16O.2C11H16.C10H12ClF.3C10H13F.2C10H14.CH4/c1-8(2)10-6-4-5-7-11(10)12-9(3)13;1-8(2)11-6-10(7-12)5-4-9(11)3;1-8(2)11-7-9(3)5-6-10(11)4;1-8(2)11-9(3)6-5-7-10(11)4;1-6(2)9-4-8(12)5-10(11)7(9)3;2*1-7(2)10-6-9(11)5-4-8(10)3;1-7(2)9-5-4-6-10(11)8(9)3;2*1-8(2)10-7-5-4-6-9(10)3;/h4-8H,1-3H3,(H,12,13);4-6,8,12H,7H2,1-3H3;2*5-8H,1-4H3;4-6H,1-3H3;3*4-7H,1-3H3;2*4-8H,1-3H3;1H4. The van der Waals surface area contributed by atoms with Gasteiger partial charge in [0.25, 0.3) is 0 Å². The van der Waals surface area contributed by atoms with E-state index in [9.17, 15) is 22.4 Å². The van der Waals surface area contributed by atoms with Crippen LogP contribution in [0, 0.1) is 99.4 Å². The van der Waals surface area contributed by atoms with E-state index in [4.69, 9.17) is 16.7 Å². The number of benzene rings is 10. The van der Waals surface area contributed by atoms with Crippen LogP contribution in [0.1, 0.15) is 334 Å². The summed E-state index contributed by atoms with van der Waals surface area (Å²) in [5.74, 6) is 4.46. The van der Waals surface area contributed by atoms with Gasteiger partial charge in [0.15, 0.2) is 0 Å². The molecular weight excluding hydrogens is 1420 g/mol. The maximum absolute atomic E-state index is 12.9. The van der Waals surface area contributed by atoms with E-state index >= 15 is 0 Å². The van der Waals surface area contributed by atoms with Crippen LogP contribution >= 0.6 is 11.6 Å². The summed E-state index contributed by atoms with van der Waals surface area (Å²) in [6.45, 7) is 67.4. The van der Waals surface area contributed by atoms with Crippen LogP contribution in [0.3, 0.4) is 0 Å². The number of hydrogen-bond donors (Lipinski definition) is 2. The molecule has 10 rings (SSSR count). The predicted molar refractivity (Wildman–Crippen MR) is 489 cm³/mol. The fraction of sp³-hybridized carbons (Fsp3) is 0.419. The Kier molecular flexibility index (Phi) is 49.7. The van der Waals surface area contributed by atoms with Gasteiger partial charge in [0.1, 0.15) is 23.3 Å². The lowest BCUT2D eigenvalue weighted by Gasteiger charge is -2.12. The highest BCUT2D eigenvalue weighted by molar-refractivity contribution is 6.31. The normalized spacial score (nSPS) is 10.5. The van der Waals surface area contributed by atoms with Crippen molar-refractivity contribution in [2.24, 2.45) is 0 Å². The zero-order chi connectivity index (χ0) is 85.6. The number of aliphatic hydroxyl groups is 1. The van der Waals surface area contributed by atoms with Crippen LogP contribution in [-0.4, -0.2) is 11.0 Å². The van der Waals surface area contributed by atoms with Crippen LogP contribution in [0.25, 0.3) is 0 Å². The smallest absolute Gasteiger partial charge is 0.221 e. The van der Waals surface area contributed by atoms with Crippen LogP contribution < -0.4 is 5.32 Å². The van der Waals surface area contributed by atoms with Gasteiger partial charge in [0, 0.05) is 17.6 Å². The van der Waals surface area contributed by atoms with Crippen molar-refractivity contribution in [1.82, 2.24) is 0 Å². The maximum Gasteiger partial charge on any atom is 0.221 e. The fourth-order valence-electron chi connectivity index (χ4n) is 13.3. The molecule has 0 heterocycles. The van der Waals surface area contributed by atoms with Gasteiger partial charge in [-0.3, -0.25) is 4.79 Å². The lowest BCUT2D eigenvalue weighted by molar-refractivity contribution is -0.114. The Morgan fingerprint density at radius 1 is 0.319 bits per heavy atom. The first-order valence-electron chi connectivity index (χ1n) is 40.3. The number of anilines is 1. The molecule has 0 fully saturated rings. The van der Waals surface area contributed by atoms with Gasteiger partial charge < -0.3 is 10.4 Å². The highest BCUT2D eigenvalue weighted by Gasteiger charge is 2.12. The second-order valence-corrected chi connectivity index (χ2v) is 33.0. The minimum Gasteiger partial charge on any atom is -0.392 e. The Labute approximate surface area is 691 Å². The van der Waals surface area contributed by atoms with Crippen molar-refractivity contribution in [2.75, 3.05) is 5.32 Å². The molecule has 10 aromatic rings. The quantitative estimate of drug-likeness (QED) is 0.120. The topological polar surface area (TPSA) is 49.3 Å². The van der Waals surface area contributed by atoms with Crippen molar-refractivity contribution in [3.05, 3.63) is 345 Å². The van der Waals surface area contributed by atoms with E-state index in [0.29, 0.717) is 64.2 Å². The molecule has 0 aromatic heterocycles. The molecule has 0 aliphatic rings. The predicted octanol–water partition coefficient (Wildman–Crippen LogP) is 32.8. The highest BCUT2D eigenvalue weighted by atomic mass is 35.5. The molecule has 0 bridgehead atoms. The van der Waals surface area contributed by atoms with Gasteiger partial charge in [-0.15, -0.1) is 0 Å². The lowest BCUT2D eigenvalue weighted by atomic mass is 9.94. The average Bonchev–Trinajstić information content (AvgIpc) is 0.818. The number of carbonyl (C=O) groups excluding carboxylic acids is 1. The van der Waals surface area contributed by atoms with Crippen molar-refractivity contribution < 1.29 is 27.5 Å². The summed E-state index contributed by atoms with van der Waals surface area (Å²) in [6, 6.07) is 62.2. The van der Waals surface area contributed by atoms with Gasteiger partial charge >= 0.3 is 0 Å². The van der Waals surface area contributed by atoms with Crippen molar-refractivity contribution >= 4 is 23.2 Å². The van der Waals surface area contributed by atoms with Crippen molar-refractivity contribution in [1.29, 1.82) is 0 Å². The zero-order valence-corrected chi connectivity index (χ0v) is 75.5. The highest BCUT2D eigenvalue weighted by Crippen LogP contribution is 2.30. The average molecular weight is 1570 g/mol. The van der Waals surface area contributed by atoms with Crippen LogP contribution in [-0.2, 0) is 11.4 Å². The molecule has 0 aliphatic carbocycles. The largest absolute Gasteiger partial charge is 0.392 e. The molecule has 3 nitrogen and oxygen atoms in total. The Balaban J connectivity index is 0.00000123. The second-order valence-electron chi connectivity index (χ2n) is 32.6. The number of carbonyl (C=O) groups is 1. The Morgan fingerprint density at radius 2 is 0.637 bits per heavy atom. The number of halogens is 5. The SMILES string of the molecule is C.CC(=O)Nc1ccccc1C(C)C.Cc1c(Cl)cc(F)cc1C(C)C.Cc1c(F)cccc1C(C)C.Cc1ccc(C)c(C(C)C)c1.Cc1ccc(CO)cc1C(C)C.Cc1ccc(F)cc1C(C)C.Cc1ccc(F)cc1C(C)C.Cc1cccc(C)c1C(C)C.Cc1ccccc1C(C)C.Cc1ccccc1C(C)C. The molecule has 2 N–H and O–H groups in total. The van der Waals surface area contributed by atoms with E-state index in [1.807, 2.05) is 90.1 Å². The molecule has 0 saturated carbocycles. The molecule has 113 heavy (non-hydrogen) atoms. The van der Waals surface area contributed by atoms with E-state index in [1.165, 1.54) is 115 Å². The third-order valence-electron chi connectivity index (χ3n) is 19.5. The third-order valence-corrected chi connectivity index (χ3v) is 19.9. The number of nitrogens with one attached hydrogen (secondary N) is 1. The molecule has 10 aromatic carbocycles. The van der Waals surface area contributed by atoms with Gasteiger partial charge in [0.2, 0.25) is 5.91 Å². The van der Waals surface area contributed by atoms with E-state index in [2.05, 4.69) is 275 Å². The summed E-state index contributed by atoms with van der Waals surface area (Å²) in [5, 5.41) is 12.3. The minimum absolute atomic E-state index is 0. The summed E-state index contributed by atoms with van der Waals surface area (Å²) in [4.78, 5) is 10.9. The molecule has 0 unspecified atom stereocenters. The molecule has 8 heteroatoms. The van der Waals surface area contributed by atoms with Gasteiger partial charge in [-0.25, -0.2) is 17.6 Å². The Bertz CT molecular complexity index is 4190. The lowest BCUT2D eigenvalue weighted by Crippen LogP contribution is -2.08. The van der Waals surface area contributed by atoms with Crippen LogP contribution in [0.15, 0.2) is 194 Å². The Hall–Kier alpha value is -8.36. The maximum atomic E-state index is 12.9. The molecule has 0 spiro atoms. The molecule has 0 aliphatic heterocycles. The van der Waals surface area contributed by atoms with Crippen molar-refractivity contribution in [2.45, 2.75) is 295 Å². The summed E-state index contributed by atoms with van der Waals surface area (Å²) < 4.78 is 51.2. The third kappa shape index (κ3) is 38.6. The number of aryl methyl sites for hydroxylation is 9. The number of amides is 1. The second kappa shape index (κ2) is 53.7. The molecular formula is C105H146ClF4NO2. The molecule has 1 amide bonds. The minimum atomic E-state index is -0.255. The van der Waals surface area contributed by atoms with Gasteiger partial charge in [-0.05, 0) is 301 Å². The van der Waals surface area contributed by atoms with Gasteiger partial charge in [-0.2, -0.15) is 0 Å². The first kappa shape index (κ1) is 105. The first-order chi connectivity index (χ1) is 52.3. The molecule has 0 radical (unpaired) electrons. The zero-order valence-electron chi connectivity index (χ0n) is 74.7. The number of hydrogen-bond acceptors (Lipinski definition) is 2. The number of aliphatic hydroxyl groups excluding tert-OH is 1. The summed E-state index contributed by atoms with van der Waals surface area (Å²) in [6.07, 6.45) is 0. The van der Waals surface area contributed by atoms with Crippen LogP contribution in [0.5, 0.6) is 0 Å². The summed E-state index contributed by atoms with van der Waals surface area (Å²) >= 11 is 5.82. The van der Waals surface area contributed by atoms with E-state index < -0.39 is 0 Å². The van der Waals surface area contributed by atoms with Crippen molar-refractivity contribution in [3.8, 4) is 0 Å². The van der Waals surface area contributed by atoms with Gasteiger partial charge in [0.05, 0.1) is 6.61 Å². The van der Waals surface area contributed by atoms with Gasteiger partial charge in [-0.1, -0.05) is 309 Å². The number of para-hydroxylation sites is 1. The molecule has 618 valence electrons. The first-order valence-corrected chi connectivity index (χ1v) is 40.7. The Morgan fingerprint density at radius 3 is 0.973 bits per heavy atom. The van der Waals surface area contributed by atoms with Crippen molar-refractivity contribution in [3.63, 3.8) is 0 Å². The molecule has 0 saturated heterocycles. The van der Waals surface area contributed by atoms with E-state index in [-0.39, 0.29) is 43.2 Å². The summed E-state index contributed by atoms with van der Waals surface area (Å²) in [5.41, 5.74) is 28.4. The van der Waals surface area contributed by atoms with Crippen LogP contribution in [0.4, 0.5) is 23.2 Å². The van der Waals surface area contributed by atoms with E-state index in [1.54, 1.807) is 24.3 Å². The van der Waals surface area contributed by atoms with Crippen LogP contribution in [0.2, 0.25) is 5.02 Å².